The summed E-state index contributed by atoms with van der Waals surface area (Å²) < 4.78 is 2.34. The van der Waals surface area contributed by atoms with Crippen molar-refractivity contribution in [3.8, 4) is 5.69 Å². The summed E-state index contributed by atoms with van der Waals surface area (Å²) >= 11 is 6.07. The number of carbonyl (C=O) groups excluding carboxylic acids is 1. The van der Waals surface area contributed by atoms with Gasteiger partial charge in [0.2, 0.25) is 5.91 Å². The maximum absolute atomic E-state index is 13.3. The monoisotopic (exact) mass is 434 g/mol. The number of hydrogen-bond acceptors (Lipinski definition) is 4. The molecule has 4 aromatic rings. The molecule has 0 radical (unpaired) electrons. The zero-order valence-corrected chi connectivity index (χ0v) is 17.5. The lowest BCUT2D eigenvalue weighted by molar-refractivity contribution is -0.121. The van der Waals surface area contributed by atoms with E-state index in [2.05, 4.69) is 10.3 Å². The van der Waals surface area contributed by atoms with Crippen LogP contribution in [0.25, 0.3) is 16.6 Å². The molecule has 0 atom stereocenters. The van der Waals surface area contributed by atoms with Crippen LogP contribution in [0.1, 0.15) is 11.1 Å². The number of halogens is 1. The van der Waals surface area contributed by atoms with Crippen molar-refractivity contribution < 1.29 is 4.79 Å². The zero-order valence-electron chi connectivity index (χ0n) is 16.7. The highest BCUT2D eigenvalue weighted by Crippen LogP contribution is 2.15. The summed E-state index contributed by atoms with van der Waals surface area (Å²) in [6, 6.07) is 15.3. The molecule has 0 fully saturated rings. The first-order chi connectivity index (χ1) is 14.9. The van der Waals surface area contributed by atoms with Crippen molar-refractivity contribution >= 4 is 28.4 Å². The van der Waals surface area contributed by atoms with Crippen LogP contribution in [0, 0.1) is 6.92 Å². The molecule has 7 nitrogen and oxygen atoms in total. The van der Waals surface area contributed by atoms with Crippen molar-refractivity contribution in [2.24, 2.45) is 0 Å². The molecule has 0 aliphatic carbocycles. The minimum absolute atomic E-state index is 0.237. The second-order valence-electron chi connectivity index (χ2n) is 7.15. The maximum Gasteiger partial charge on any atom is 0.336 e. The Balaban J connectivity index is 1.79. The number of benzene rings is 2. The van der Waals surface area contributed by atoms with Crippen molar-refractivity contribution in [1.29, 1.82) is 0 Å². The van der Waals surface area contributed by atoms with Crippen LogP contribution in [0.3, 0.4) is 0 Å². The topological polar surface area (TPSA) is 86.0 Å². The predicted molar refractivity (Wildman–Crippen MR) is 120 cm³/mol. The summed E-state index contributed by atoms with van der Waals surface area (Å²) in [5, 5.41) is 3.53. The first-order valence-electron chi connectivity index (χ1n) is 9.62. The Morgan fingerprint density at radius 3 is 2.68 bits per heavy atom. The Morgan fingerprint density at radius 1 is 1.10 bits per heavy atom. The Kier molecular flexibility index (Phi) is 5.68. The van der Waals surface area contributed by atoms with Gasteiger partial charge >= 0.3 is 5.69 Å². The molecule has 31 heavy (non-hydrogen) atoms. The van der Waals surface area contributed by atoms with Crippen LogP contribution in [0.4, 0.5) is 0 Å². The van der Waals surface area contributed by atoms with Gasteiger partial charge in [0.1, 0.15) is 6.54 Å². The third-order valence-corrected chi connectivity index (χ3v) is 5.11. The fourth-order valence-corrected chi connectivity index (χ4v) is 3.57. The van der Waals surface area contributed by atoms with E-state index >= 15 is 0 Å². The van der Waals surface area contributed by atoms with Crippen LogP contribution in [0.2, 0.25) is 5.02 Å². The van der Waals surface area contributed by atoms with Crippen LogP contribution in [0.5, 0.6) is 0 Å². The minimum Gasteiger partial charge on any atom is -0.350 e. The molecule has 0 saturated carbocycles. The largest absolute Gasteiger partial charge is 0.350 e. The molecule has 0 unspecified atom stereocenters. The molecule has 8 heteroatoms. The number of amides is 1. The smallest absolute Gasteiger partial charge is 0.336 e. The van der Waals surface area contributed by atoms with Gasteiger partial charge in [-0.05, 0) is 48.9 Å². The molecule has 2 heterocycles. The summed E-state index contributed by atoms with van der Waals surface area (Å²) in [6.07, 6.45) is 3.31. The van der Waals surface area contributed by atoms with Gasteiger partial charge in [-0.3, -0.25) is 19.1 Å². The van der Waals surface area contributed by atoms with Gasteiger partial charge in [-0.15, -0.1) is 0 Å². The van der Waals surface area contributed by atoms with Gasteiger partial charge in [0, 0.05) is 24.0 Å². The number of hydrogen-bond donors (Lipinski definition) is 1. The van der Waals surface area contributed by atoms with E-state index in [1.54, 1.807) is 60.9 Å². The van der Waals surface area contributed by atoms with Crippen LogP contribution in [-0.2, 0) is 17.9 Å². The Labute approximate surface area is 182 Å². The van der Waals surface area contributed by atoms with Crippen molar-refractivity contribution in [2.45, 2.75) is 20.0 Å². The highest BCUT2D eigenvalue weighted by atomic mass is 35.5. The minimum atomic E-state index is -0.611. The molecular formula is C23H19ClN4O3. The normalized spacial score (nSPS) is 10.9. The zero-order chi connectivity index (χ0) is 22.0. The van der Waals surface area contributed by atoms with Crippen LogP contribution < -0.4 is 16.6 Å². The molecule has 156 valence electrons. The standard InChI is InChI=1S/C23H19ClN4O3/c1-15-7-8-20-19(10-15)22(30)28(18-6-2-5-17(24)11-18)23(31)27(20)14-21(29)26-13-16-4-3-9-25-12-16/h2-12H,13-14H2,1H3,(H,26,29). The van der Waals surface area contributed by atoms with Crippen LogP contribution in [-0.4, -0.2) is 20.0 Å². The van der Waals surface area contributed by atoms with Gasteiger partial charge in [0.25, 0.3) is 5.56 Å². The molecule has 0 saturated heterocycles. The number of pyridine rings is 1. The maximum atomic E-state index is 13.3. The van der Waals surface area contributed by atoms with Crippen molar-refractivity contribution in [3.05, 3.63) is 104 Å². The molecule has 1 amide bonds. The molecule has 0 aliphatic heterocycles. The van der Waals surface area contributed by atoms with Crippen molar-refractivity contribution in [2.75, 3.05) is 0 Å². The van der Waals surface area contributed by atoms with Gasteiger partial charge in [-0.25, -0.2) is 9.36 Å². The summed E-state index contributed by atoms with van der Waals surface area (Å²) in [6.45, 7) is 1.91. The molecule has 1 N–H and O–H groups in total. The number of rotatable bonds is 5. The van der Waals surface area contributed by atoms with E-state index in [0.717, 1.165) is 15.7 Å². The SMILES string of the molecule is Cc1ccc2c(c1)c(=O)n(-c1cccc(Cl)c1)c(=O)n2CC(=O)NCc1cccnc1. The number of nitrogens with one attached hydrogen (secondary N) is 1. The molecule has 2 aromatic carbocycles. The van der Waals surface area contributed by atoms with Gasteiger partial charge in [-0.2, -0.15) is 0 Å². The second-order valence-corrected chi connectivity index (χ2v) is 7.58. The first-order valence-corrected chi connectivity index (χ1v) is 9.99. The number of nitrogens with zero attached hydrogens (tertiary/aromatic N) is 3. The predicted octanol–water partition coefficient (Wildman–Crippen LogP) is 2.83. The van der Waals surface area contributed by atoms with Crippen molar-refractivity contribution in [1.82, 2.24) is 19.4 Å². The third-order valence-electron chi connectivity index (χ3n) is 4.88. The Bertz CT molecular complexity index is 1390. The Morgan fingerprint density at radius 2 is 1.94 bits per heavy atom. The summed E-state index contributed by atoms with van der Waals surface area (Å²) in [5.41, 5.74) is 1.38. The fraction of sp³-hybridized carbons (Fsp3) is 0.130. The average molecular weight is 435 g/mol. The highest BCUT2D eigenvalue weighted by Gasteiger charge is 2.17. The number of carbonyl (C=O) groups is 1. The van der Waals surface area contributed by atoms with E-state index in [4.69, 9.17) is 11.6 Å². The average Bonchev–Trinajstić information content (AvgIpc) is 2.76. The molecule has 2 aromatic heterocycles. The molecule has 0 aliphatic rings. The Hall–Kier alpha value is -3.71. The summed E-state index contributed by atoms with van der Waals surface area (Å²) in [4.78, 5) is 43.1. The summed E-state index contributed by atoms with van der Waals surface area (Å²) in [7, 11) is 0. The first kappa shape index (κ1) is 20.6. The van der Waals surface area contributed by atoms with Crippen LogP contribution >= 0.6 is 11.6 Å². The quantitative estimate of drug-likeness (QED) is 0.523. The van der Waals surface area contributed by atoms with E-state index in [9.17, 15) is 14.4 Å². The van der Waals surface area contributed by atoms with Crippen molar-refractivity contribution in [3.63, 3.8) is 0 Å². The number of aryl methyl sites for hydroxylation is 1. The van der Waals surface area contributed by atoms with Gasteiger partial charge in [0.05, 0.1) is 16.6 Å². The van der Waals surface area contributed by atoms with Gasteiger partial charge in [-0.1, -0.05) is 35.4 Å². The third kappa shape index (κ3) is 4.27. The van der Waals surface area contributed by atoms with E-state index in [0.29, 0.717) is 21.6 Å². The van der Waals surface area contributed by atoms with E-state index in [1.165, 1.54) is 4.57 Å². The summed E-state index contributed by atoms with van der Waals surface area (Å²) in [5.74, 6) is -0.357. The lowest BCUT2D eigenvalue weighted by Gasteiger charge is -2.15. The number of fused-ring (bicyclic) bond motifs is 1. The second kappa shape index (κ2) is 8.57. The molecular weight excluding hydrogens is 416 g/mol. The van der Waals surface area contributed by atoms with Gasteiger partial charge < -0.3 is 5.32 Å². The van der Waals surface area contributed by atoms with Gasteiger partial charge in [0.15, 0.2) is 0 Å². The van der Waals surface area contributed by atoms with Crippen LogP contribution in [0.15, 0.2) is 76.6 Å². The lowest BCUT2D eigenvalue weighted by atomic mass is 10.1. The fourth-order valence-electron chi connectivity index (χ4n) is 3.39. The number of aromatic nitrogens is 3. The van der Waals surface area contributed by atoms with E-state index < -0.39 is 11.2 Å². The molecule has 4 rings (SSSR count). The lowest BCUT2D eigenvalue weighted by Crippen LogP contribution is -2.41. The van der Waals surface area contributed by atoms with E-state index in [-0.39, 0.29) is 19.0 Å². The van der Waals surface area contributed by atoms with E-state index in [1.807, 2.05) is 13.0 Å². The highest BCUT2D eigenvalue weighted by molar-refractivity contribution is 6.30. The molecule has 0 bridgehead atoms. The molecule has 0 spiro atoms.